The van der Waals surface area contributed by atoms with E-state index >= 15 is 0 Å². The Bertz CT molecular complexity index is 337. The van der Waals surface area contributed by atoms with Crippen LogP contribution in [-0.2, 0) is 5.41 Å². The van der Waals surface area contributed by atoms with E-state index in [-0.39, 0.29) is 17.3 Å². The number of aliphatic hydroxyl groups is 1. The fourth-order valence-corrected chi connectivity index (χ4v) is 2.06. The van der Waals surface area contributed by atoms with Gasteiger partial charge in [0.25, 0.3) is 0 Å². The minimum absolute atomic E-state index is 0.255. The van der Waals surface area contributed by atoms with Crippen molar-refractivity contribution < 1.29 is 9.50 Å². The predicted octanol–water partition coefficient (Wildman–Crippen LogP) is 0.572. The van der Waals surface area contributed by atoms with Crippen molar-refractivity contribution in [1.82, 2.24) is 4.98 Å². The molecule has 0 amide bonds. The molecule has 4 heteroatoms. The molecule has 14 heavy (non-hydrogen) atoms. The third-order valence-corrected chi connectivity index (χ3v) is 2.96. The van der Waals surface area contributed by atoms with Gasteiger partial charge >= 0.3 is 0 Å². The van der Waals surface area contributed by atoms with Crippen molar-refractivity contribution in [2.45, 2.75) is 24.4 Å². The van der Waals surface area contributed by atoms with E-state index in [4.69, 9.17) is 5.73 Å². The number of halogens is 1. The molecule has 0 radical (unpaired) electrons. The highest BCUT2D eigenvalue weighted by Gasteiger charge is 2.44. The smallest absolute Gasteiger partial charge is 0.141 e. The molecule has 0 saturated heterocycles. The summed E-state index contributed by atoms with van der Waals surface area (Å²) in [5.74, 6) is -0.350. The molecule has 1 aliphatic rings. The Morgan fingerprint density at radius 3 is 2.79 bits per heavy atom. The molecule has 1 saturated carbocycles. The maximum Gasteiger partial charge on any atom is 0.141 e. The highest BCUT2D eigenvalue weighted by atomic mass is 19.1. The maximum absolute atomic E-state index is 12.9. The molecule has 0 unspecified atom stereocenters. The number of pyridine rings is 1. The summed E-state index contributed by atoms with van der Waals surface area (Å²) in [5, 5.41) is 9.28. The average Bonchev–Trinajstić information content (AvgIpc) is 2.12. The fraction of sp³-hybridized carbons (Fsp3) is 0.500. The second-order valence-electron chi connectivity index (χ2n) is 3.94. The third-order valence-electron chi connectivity index (χ3n) is 2.96. The Hall–Kier alpha value is -1.00. The van der Waals surface area contributed by atoms with Gasteiger partial charge in [-0.3, -0.25) is 4.98 Å². The van der Waals surface area contributed by atoms with Gasteiger partial charge in [-0.05, 0) is 24.5 Å². The summed E-state index contributed by atoms with van der Waals surface area (Å²) in [6.45, 7) is 0.426. The van der Waals surface area contributed by atoms with Crippen LogP contribution >= 0.6 is 0 Å². The van der Waals surface area contributed by atoms with Crippen LogP contribution in [0.5, 0.6) is 0 Å². The lowest BCUT2D eigenvalue weighted by atomic mass is 9.63. The van der Waals surface area contributed by atoms with Gasteiger partial charge in [0.1, 0.15) is 5.82 Å². The highest BCUT2D eigenvalue weighted by Crippen LogP contribution is 2.42. The van der Waals surface area contributed by atoms with Crippen molar-refractivity contribution in [2.24, 2.45) is 5.73 Å². The van der Waals surface area contributed by atoms with Gasteiger partial charge in [0.15, 0.2) is 0 Å². The minimum Gasteiger partial charge on any atom is -0.393 e. The van der Waals surface area contributed by atoms with Gasteiger partial charge in [0.2, 0.25) is 0 Å². The van der Waals surface area contributed by atoms with Gasteiger partial charge in [-0.15, -0.1) is 0 Å². The van der Waals surface area contributed by atoms with Crippen LogP contribution in [-0.4, -0.2) is 22.7 Å². The summed E-state index contributed by atoms with van der Waals surface area (Å²) in [4.78, 5) is 3.79. The first-order valence-electron chi connectivity index (χ1n) is 4.65. The van der Waals surface area contributed by atoms with E-state index in [1.54, 1.807) is 6.20 Å². The summed E-state index contributed by atoms with van der Waals surface area (Å²) >= 11 is 0. The molecule has 3 N–H and O–H groups in total. The summed E-state index contributed by atoms with van der Waals surface area (Å²) < 4.78 is 12.9. The lowest BCUT2D eigenvalue weighted by Crippen LogP contribution is -2.49. The Morgan fingerprint density at radius 2 is 2.29 bits per heavy atom. The molecule has 0 bridgehead atoms. The van der Waals surface area contributed by atoms with E-state index < -0.39 is 0 Å². The Balaban J connectivity index is 2.29. The van der Waals surface area contributed by atoms with Crippen LogP contribution in [0.4, 0.5) is 4.39 Å². The summed E-state index contributed by atoms with van der Waals surface area (Å²) in [6.07, 6.45) is 3.70. The largest absolute Gasteiger partial charge is 0.393 e. The molecule has 1 aromatic rings. The van der Waals surface area contributed by atoms with Crippen LogP contribution in [0.25, 0.3) is 0 Å². The first-order chi connectivity index (χ1) is 6.66. The second-order valence-corrected chi connectivity index (χ2v) is 3.94. The van der Waals surface area contributed by atoms with Crippen molar-refractivity contribution in [3.8, 4) is 0 Å². The lowest BCUT2D eigenvalue weighted by molar-refractivity contribution is 0.0218. The Kier molecular flexibility index (Phi) is 2.25. The standard InChI is InChI=1S/C10H13FN2O/c11-8-1-7(4-13-5-8)10(6-12)2-9(14)3-10/h1,4-5,9,14H,2-3,6,12H2. The molecule has 1 aliphatic carbocycles. The van der Waals surface area contributed by atoms with Crippen LogP contribution < -0.4 is 5.73 Å². The van der Waals surface area contributed by atoms with Crippen LogP contribution in [0.15, 0.2) is 18.5 Å². The molecule has 2 rings (SSSR count). The monoisotopic (exact) mass is 196 g/mol. The zero-order valence-electron chi connectivity index (χ0n) is 7.78. The number of hydrogen-bond acceptors (Lipinski definition) is 3. The Labute approximate surface area is 81.8 Å². The summed E-state index contributed by atoms with van der Waals surface area (Å²) in [7, 11) is 0. The molecule has 0 spiro atoms. The van der Waals surface area contributed by atoms with E-state index in [0.717, 1.165) is 5.56 Å². The minimum atomic E-state index is -0.350. The quantitative estimate of drug-likeness (QED) is 0.727. The summed E-state index contributed by atoms with van der Waals surface area (Å²) in [6, 6.07) is 1.45. The zero-order valence-corrected chi connectivity index (χ0v) is 7.78. The van der Waals surface area contributed by atoms with Gasteiger partial charge in [0, 0.05) is 18.2 Å². The number of aromatic nitrogens is 1. The molecule has 0 aromatic carbocycles. The molecule has 1 fully saturated rings. The molecule has 3 nitrogen and oxygen atoms in total. The maximum atomic E-state index is 12.9. The number of rotatable bonds is 2. The molecular weight excluding hydrogens is 183 g/mol. The van der Waals surface area contributed by atoms with Crippen molar-refractivity contribution in [1.29, 1.82) is 0 Å². The predicted molar refractivity (Wildman–Crippen MR) is 50.2 cm³/mol. The number of hydrogen-bond donors (Lipinski definition) is 2. The summed E-state index contributed by atoms with van der Waals surface area (Å²) in [5.41, 5.74) is 6.19. The van der Waals surface area contributed by atoms with Crippen molar-refractivity contribution >= 4 is 0 Å². The van der Waals surface area contributed by atoms with Gasteiger partial charge in [-0.25, -0.2) is 4.39 Å². The van der Waals surface area contributed by atoms with Crippen molar-refractivity contribution in [2.75, 3.05) is 6.54 Å². The van der Waals surface area contributed by atoms with Crippen molar-refractivity contribution in [3.05, 3.63) is 29.8 Å². The van der Waals surface area contributed by atoms with Crippen LogP contribution in [0.3, 0.4) is 0 Å². The van der Waals surface area contributed by atoms with E-state index in [1.807, 2.05) is 0 Å². The van der Waals surface area contributed by atoms with Crippen LogP contribution in [0.1, 0.15) is 18.4 Å². The third kappa shape index (κ3) is 1.40. The van der Waals surface area contributed by atoms with Crippen molar-refractivity contribution in [3.63, 3.8) is 0 Å². The molecular formula is C10H13FN2O. The molecule has 1 aromatic heterocycles. The highest BCUT2D eigenvalue weighted by molar-refractivity contribution is 5.27. The molecule has 76 valence electrons. The second kappa shape index (κ2) is 3.29. The van der Waals surface area contributed by atoms with Gasteiger partial charge in [0.05, 0.1) is 12.3 Å². The zero-order chi connectivity index (χ0) is 10.2. The normalized spacial score (nSPS) is 31.2. The van der Waals surface area contributed by atoms with Gasteiger partial charge < -0.3 is 10.8 Å². The average molecular weight is 196 g/mol. The van der Waals surface area contributed by atoms with E-state index in [9.17, 15) is 9.50 Å². The van der Waals surface area contributed by atoms with E-state index in [1.165, 1.54) is 12.3 Å². The Morgan fingerprint density at radius 1 is 1.57 bits per heavy atom. The molecule has 0 aliphatic heterocycles. The SMILES string of the molecule is NCC1(c2cncc(F)c2)CC(O)C1. The number of aliphatic hydroxyl groups excluding tert-OH is 1. The number of nitrogens with two attached hydrogens (primary N) is 1. The lowest BCUT2D eigenvalue weighted by Gasteiger charge is -2.44. The number of nitrogens with zero attached hydrogens (tertiary/aromatic N) is 1. The van der Waals surface area contributed by atoms with Crippen LogP contribution in [0.2, 0.25) is 0 Å². The molecule has 1 heterocycles. The van der Waals surface area contributed by atoms with Gasteiger partial charge in [-0.2, -0.15) is 0 Å². The fourth-order valence-electron chi connectivity index (χ4n) is 2.06. The molecule has 0 atom stereocenters. The van der Waals surface area contributed by atoms with Crippen LogP contribution in [0, 0.1) is 5.82 Å². The first kappa shape index (κ1) is 9.55. The first-order valence-corrected chi connectivity index (χ1v) is 4.65. The van der Waals surface area contributed by atoms with Gasteiger partial charge in [-0.1, -0.05) is 0 Å². The van der Waals surface area contributed by atoms with E-state index in [0.29, 0.717) is 19.4 Å². The van der Waals surface area contributed by atoms with E-state index in [2.05, 4.69) is 4.98 Å². The topological polar surface area (TPSA) is 59.1 Å².